The number of hydrogen-bond donors (Lipinski definition) is 2. The molecule has 23 heavy (non-hydrogen) atoms. The van der Waals surface area contributed by atoms with Crippen molar-refractivity contribution in [3.8, 4) is 0 Å². The second-order valence-electron chi connectivity index (χ2n) is 6.05. The minimum atomic E-state index is -0.790. The number of nitrogens with two attached hydrogens (primary N) is 1. The maximum Gasteiger partial charge on any atom is 0.251 e. The van der Waals surface area contributed by atoms with Crippen molar-refractivity contribution in [1.82, 2.24) is 4.98 Å². The van der Waals surface area contributed by atoms with Crippen LogP contribution < -0.4 is 11.3 Å². The summed E-state index contributed by atoms with van der Waals surface area (Å²) in [7, 11) is 0. The number of nitrogens with zero attached hydrogens (tertiary/aromatic N) is 1. The normalized spacial score (nSPS) is 26.1. The maximum atomic E-state index is 14.5. The number of amidine groups is 1. The van der Waals surface area contributed by atoms with Crippen molar-refractivity contribution in [2.24, 2.45) is 16.6 Å². The first kappa shape index (κ1) is 14.5. The second-order valence-corrected chi connectivity index (χ2v) is 7.09. The van der Waals surface area contributed by atoms with Crippen molar-refractivity contribution >= 4 is 16.9 Å². The fraction of sp³-hybridized carbons (Fsp3) is 0.294. The number of halogens is 1. The van der Waals surface area contributed by atoms with Crippen LogP contribution in [0.2, 0.25) is 0 Å². The largest absolute Gasteiger partial charge is 0.379 e. The molecule has 0 saturated carbocycles. The Labute approximate surface area is 137 Å². The number of aliphatic imine (C=N–C) groups is 1. The van der Waals surface area contributed by atoms with E-state index < -0.39 is 5.54 Å². The zero-order valence-corrected chi connectivity index (χ0v) is 13.2. The van der Waals surface area contributed by atoms with Crippen LogP contribution in [0.3, 0.4) is 0 Å². The van der Waals surface area contributed by atoms with Crippen LogP contribution in [0.1, 0.15) is 16.7 Å². The third-order valence-electron chi connectivity index (χ3n) is 4.83. The highest BCUT2D eigenvalue weighted by atomic mass is 32.2. The molecule has 0 spiro atoms. The molecule has 1 aliphatic carbocycles. The number of nitrogens with one attached hydrogen (secondary N) is 1. The molecule has 0 radical (unpaired) electrons. The molecule has 1 aromatic carbocycles. The second kappa shape index (κ2) is 5.23. The summed E-state index contributed by atoms with van der Waals surface area (Å²) in [6.07, 6.45) is 2.76. The highest BCUT2D eigenvalue weighted by Gasteiger charge is 2.48. The Morgan fingerprint density at radius 1 is 1.35 bits per heavy atom. The van der Waals surface area contributed by atoms with Gasteiger partial charge in [-0.15, -0.1) is 0 Å². The summed E-state index contributed by atoms with van der Waals surface area (Å²) in [5, 5.41) is 0.459. The number of H-pyrrole nitrogens is 1. The molecule has 0 bridgehead atoms. The van der Waals surface area contributed by atoms with Gasteiger partial charge in [0.2, 0.25) is 0 Å². The molecule has 1 aliphatic heterocycles. The lowest BCUT2D eigenvalue weighted by Crippen LogP contribution is -2.48. The van der Waals surface area contributed by atoms with E-state index in [2.05, 4.69) is 9.98 Å². The number of fused-ring (bicyclic) bond motifs is 2. The Morgan fingerprint density at radius 3 is 3.00 bits per heavy atom. The quantitative estimate of drug-likeness (QED) is 0.842. The van der Waals surface area contributed by atoms with Gasteiger partial charge in [-0.05, 0) is 24.1 Å². The molecule has 2 heterocycles. The van der Waals surface area contributed by atoms with Crippen LogP contribution in [-0.4, -0.2) is 15.9 Å². The van der Waals surface area contributed by atoms with Crippen LogP contribution in [0.25, 0.3) is 0 Å². The number of thioether (sulfide) groups is 1. The van der Waals surface area contributed by atoms with Gasteiger partial charge in [0.05, 0.1) is 5.54 Å². The molecule has 2 aromatic rings. The van der Waals surface area contributed by atoms with Gasteiger partial charge in [-0.25, -0.2) is 4.39 Å². The molecule has 0 unspecified atom stereocenters. The van der Waals surface area contributed by atoms with E-state index >= 15 is 0 Å². The van der Waals surface area contributed by atoms with E-state index in [-0.39, 0.29) is 17.3 Å². The van der Waals surface area contributed by atoms with Gasteiger partial charge >= 0.3 is 0 Å². The van der Waals surface area contributed by atoms with Crippen molar-refractivity contribution in [2.45, 2.75) is 18.4 Å². The fourth-order valence-electron chi connectivity index (χ4n) is 3.71. The Kier molecular flexibility index (Phi) is 3.30. The summed E-state index contributed by atoms with van der Waals surface area (Å²) in [6.45, 7) is 0. The summed E-state index contributed by atoms with van der Waals surface area (Å²) >= 11 is 1.50. The van der Waals surface area contributed by atoms with Gasteiger partial charge < -0.3 is 10.7 Å². The predicted molar refractivity (Wildman–Crippen MR) is 90.1 cm³/mol. The zero-order valence-electron chi connectivity index (χ0n) is 12.4. The van der Waals surface area contributed by atoms with Gasteiger partial charge in [-0.3, -0.25) is 9.79 Å². The van der Waals surface area contributed by atoms with Gasteiger partial charge in [-0.1, -0.05) is 30.0 Å². The van der Waals surface area contributed by atoms with Crippen LogP contribution in [0.15, 0.2) is 46.3 Å². The van der Waals surface area contributed by atoms with Crippen molar-refractivity contribution in [2.75, 3.05) is 5.75 Å². The third kappa shape index (κ3) is 2.20. The minimum Gasteiger partial charge on any atom is -0.379 e. The third-order valence-corrected chi connectivity index (χ3v) is 5.79. The van der Waals surface area contributed by atoms with Gasteiger partial charge in [-0.2, -0.15) is 0 Å². The molecule has 1 aromatic heterocycles. The van der Waals surface area contributed by atoms with Crippen LogP contribution in [0.5, 0.6) is 0 Å². The van der Waals surface area contributed by atoms with Crippen LogP contribution >= 0.6 is 11.8 Å². The van der Waals surface area contributed by atoms with Crippen molar-refractivity contribution in [3.05, 3.63) is 69.4 Å². The average molecular weight is 329 g/mol. The Morgan fingerprint density at radius 2 is 2.17 bits per heavy atom. The minimum absolute atomic E-state index is 0.117. The van der Waals surface area contributed by atoms with E-state index in [1.807, 2.05) is 12.1 Å². The number of aromatic amines is 1. The number of benzene rings is 1. The average Bonchev–Trinajstić information content (AvgIpc) is 2.54. The first-order chi connectivity index (χ1) is 11.1. The molecule has 4 rings (SSSR count). The Hall–Kier alpha value is -2.08. The lowest BCUT2D eigenvalue weighted by molar-refractivity contribution is 0.268. The van der Waals surface area contributed by atoms with E-state index in [1.54, 1.807) is 18.3 Å². The lowest BCUT2D eigenvalue weighted by atomic mass is 9.68. The van der Waals surface area contributed by atoms with Crippen molar-refractivity contribution < 1.29 is 4.39 Å². The van der Waals surface area contributed by atoms with E-state index in [1.165, 1.54) is 17.8 Å². The summed E-state index contributed by atoms with van der Waals surface area (Å²) in [6, 6.07) is 8.62. The van der Waals surface area contributed by atoms with Crippen LogP contribution in [0, 0.1) is 11.7 Å². The van der Waals surface area contributed by atoms with Gasteiger partial charge in [0.1, 0.15) is 5.82 Å². The summed E-state index contributed by atoms with van der Waals surface area (Å²) in [4.78, 5) is 19.6. The maximum absolute atomic E-state index is 14.5. The van der Waals surface area contributed by atoms with E-state index in [0.29, 0.717) is 29.1 Å². The Balaban J connectivity index is 1.96. The SMILES string of the molecule is NC1=N[C@@]2(c3ccccc3F)Cc3c(cc[nH]c3=O)C[C@H]2CS1. The molecular weight excluding hydrogens is 313 g/mol. The number of aromatic nitrogens is 1. The lowest BCUT2D eigenvalue weighted by Gasteiger charge is -2.44. The summed E-state index contributed by atoms with van der Waals surface area (Å²) in [5.41, 5.74) is 7.32. The molecule has 0 amide bonds. The number of rotatable bonds is 1. The van der Waals surface area contributed by atoms with Gasteiger partial charge in [0.15, 0.2) is 5.17 Å². The standard InChI is InChI=1S/C17H16FN3OS/c18-14-4-2-1-3-13(14)17-8-12-10(5-6-20-15(12)22)7-11(17)9-23-16(19)21-17/h1-6,11H,7-9H2,(H2,19,21)(H,20,22)/t11-,17-/m0/s1. The van der Waals surface area contributed by atoms with Gasteiger partial charge in [0.25, 0.3) is 5.56 Å². The summed E-state index contributed by atoms with van der Waals surface area (Å²) < 4.78 is 14.5. The van der Waals surface area contributed by atoms with Gasteiger partial charge in [0, 0.05) is 35.4 Å². The van der Waals surface area contributed by atoms with Crippen LogP contribution in [0.4, 0.5) is 4.39 Å². The summed E-state index contributed by atoms with van der Waals surface area (Å²) in [5.74, 6) is 0.596. The molecule has 4 nitrogen and oxygen atoms in total. The molecule has 118 valence electrons. The van der Waals surface area contributed by atoms with Crippen molar-refractivity contribution in [1.29, 1.82) is 0 Å². The molecule has 0 fully saturated rings. The van der Waals surface area contributed by atoms with E-state index in [9.17, 15) is 9.18 Å². The Bertz CT molecular complexity index is 863. The molecule has 3 N–H and O–H groups in total. The highest BCUT2D eigenvalue weighted by Crippen LogP contribution is 2.47. The first-order valence-corrected chi connectivity index (χ1v) is 8.51. The topological polar surface area (TPSA) is 71.2 Å². The van der Waals surface area contributed by atoms with E-state index in [0.717, 1.165) is 11.3 Å². The first-order valence-electron chi connectivity index (χ1n) is 7.53. The highest BCUT2D eigenvalue weighted by molar-refractivity contribution is 8.13. The molecule has 6 heteroatoms. The number of hydrogen-bond acceptors (Lipinski definition) is 4. The predicted octanol–water partition coefficient (Wildman–Crippen LogP) is 2.19. The zero-order chi connectivity index (χ0) is 16.0. The number of pyridine rings is 1. The monoisotopic (exact) mass is 329 g/mol. The van der Waals surface area contributed by atoms with E-state index in [4.69, 9.17) is 5.73 Å². The smallest absolute Gasteiger partial charge is 0.251 e. The molecule has 2 atom stereocenters. The molecular formula is C17H16FN3OS. The molecule has 0 saturated heterocycles. The fourth-order valence-corrected chi connectivity index (χ4v) is 4.71. The molecule has 2 aliphatic rings. The van der Waals surface area contributed by atoms with Crippen LogP contribution in [-0.2, 0) is 18.4 Å². The van der Waals surface area contributed by atoms with Crippen molar-refractivity contribution in [3.63, 3.8) is 0 Å².